The molecule has 0 saturated heterocycles. The highest BCUT2D eigenvalue weighted by Crippen LogP contribution is 2.16. The molecule has 0 aliphatic heterocycles. The van der Waals surface area contributed by atoms with Gasteiger partial charge in [-0.25, -0.2) is 13.2 Å². The van der Waals surface area contributed by atoms with Crippen molar-refractivity contribution in [1.29, 1.82) is 0 Å². The largest absolute Gasteiger partial charge is 0.459 e. The van der Waals surface area contributed by atoms with Crippen LogP contribution in [-0.4, -0.2) is 48.4 Å². The Morgan fingerprint density at radius 1 is 1.39 bits per heavy atom. The fraction of sp³-hybridized carbons (Fsp3) is 0.667. The molecule has 7 nitrogen and oxygen atoms in total. The minimum Gasteiger partial charge on any atom is -0.459 e. The van der Waals surface area contributed by atoms with E-state index in [9.17, 15) is 13.2 Å². The Morgan fingerprint density at radius 3 is 2.72 bits per heavy atom. The molecule has 1 heterocycles. The van der Waals surface area contributed by atoms with E-state index in [0.717, 1.165) is 11.8 Å². The minimum absolute atomic E-state index is 0.0330. The number of carbonyl (C=O) groups excluding carboxylic acids is 1. The number of hydrogen-bond acceptors (Lipinski definition) is 8. The topological polar surface area (TPSA) is 99.4 Å². The zero-order valence-corrected chi connectivity index (χ0v) is 11.7. The summed E-state index contributed by atoms with van der Waals surface area (Å²) < 4.78 is 32.2. The van der Waals surface area contributed by atoms with Gasteiger partial charge < -0.3 is 9.15 Å². The smallest absolute Gasteiger partial charge is 0.396 e. The fourth-order valence-corrected chi connectivity index (χ4v) is 2.99. The number of nitrogens with zero attached hydrogens (tertiary/aromatic N) is 2. The second-order valence-electron chi connectivity index (χ2n) is 3.18. The first-order valence-corrected chi connectivity index (χ1v) is 8.13. The number of hydrogen-bond donors (Lipinski definition) is 0. The quantitative estimate of drug-likeness (QED) is 0.537. The third-order valence-electron chi connectivity index (χ3n) is 1.92. The Kier molecular flexibility index (Phi) is 5.60. The number of aromatic nitrogens is 2. The van der Waals surface area contributed by atoms with Crippen LogP contribution >= 0.6 is 11.8 Å². The molecular weight excluding hydrogens is 280 g/mol. The van der Waals surface area contributed by atoms with Gasteiger partial charge in [0.25, 0.3) is 5.22 Å². The molecule has 0 aliphatic rings. The van der Waals surface area contributed by atoms with E-state index in [2.05, 4.69) is 14.9 Å². The van der Waals surface area contributed by atoms with Gasteiger partial charge in [0.1, 0.15) is 0 Å². The van der Waals surface area contributed by atoms with E-state index < -0.39 is 15.8 Å². The molecule has 0 aromatic carbocycles. The summed E-state index contributed by atoms with van der Waals surface area (Å²) in [5.41, 5.74) is 0. The molecule has 0 bridgehead atoms. The molecular formula is C9H14N2O5S2. The van der Waals surface area contributed by atoms with Crippen molar-refractivity contribution in [3.05, 3.63) is 5.89 Å². The molecule has 0 N–H and O–H groups in total. The maximum absolute atomic E-state index is 11.2. The lowest BCUT2D eigenvalue weighted by Gasteiger charge is -1.98. The normalized spacial score (nSPS) is 11.4. The molecule has 1 aromatic heterocycles. The highest BCUT2D eigenvalue weighted by atomic mass is 32.2. The molecule has 0 radical (unpaired) electrons. The maximum atomic E-state index is 11.2. The second-order valence-corrected chi connectivity index (χ2v) is 6.70. The molecule has 0 unspecified atom stereocenters. The van der Waals surface area contributed by atoms with E-state index in [1.54, 1.807) is 13.8 Å². The summed E-state index contributed by atoms with van der Waals surface area (Å²) in [5.74, 6) is -0.465. The van der Waals surface area contributed by atoms with Gasteiger partial charge in [-0.15, -0.1) is 5.10 Å². The predicted molar refractivity (Wildman–Crippen MR) is 65.3 cm³/mol. The first-order chi connectivity index (χ1) is 8.48. The number of rotatable bonds is 7. The van der Waals surface area contributed by atoms with Crippen molar-refractivity contribution in [2.75, 3.05) is 23.9 Å². The lowest BCUT2D eigenvalue weighted by Crippen LogP contribution is -2.10. The molecule has 0 fully saturated rings. The zero-order chi connectivity index (χ0) is 13.6. The van der Waals surface area contributed by atoms with Gasteiger partial charge in [0.15, 0.2) is 9.84 Å². The summed E-state index contributed by atoms with van der Waals surface area (Å²) >= 11 is 1.09. The van der Waals surface area contributed by atoms with Crippen molar-refractivity contribution in [3.63, 3.8) is 0 Å². The Bertz CT molecular complexity index is 497. The Hall–Kier alpha value is -1.09. The number of thioether (sulfide) groups is 1. The zero-order valence-electron chi connectivity index (χ0n) is 10.1. The van der Waals surface area contributed by atoms with Crippen LogP contribution in [-0.2, 0) is 14.6 Å². The molecule has 0 amide bonds. The number of sulfone groups is 1. The fourth-order valence-electron chi connectivity index (χ4n) is 0.944. The monoisotopic (exact) mass is 294 g/mol. The molecule has 0 spiro atoms. The van der Waals surface area contributed by atoms with E-state index in [-0.39, 0.29) is 29.2 Å². The summed E-state index contributed by atoms with van der Waals surface area (Å²) in [6.07, 6.45) is 0. The average Bonchev–Trinajstić information content (AvgIpc) is 2.78. The summed E-state index contributed by atoms with van der Waals surface area (Å²) in [6, 6.07) is 0. The van der Waals surface area contributed by atoms with Gasteiger partial charge in [0, 0.05) is 11.5 Å². The molecule has 0 atom stereocenters. The molecule has 18 heavy (non-hydrogen) atoms. The summed E-state index contributed by atoms with van der Waals surface area (Å²) in [4.78, 5) is 11.2. The van der Waals surface area contributed by atoms with E-state index in [1.807, 2.05) is 0 Å². The van der Waals surface area contributed by atoms with Crippen molar-refractivity contribution in [2.24, 2.45) is 0 Å². The number of esters is 1. The summed E-state index contributed by atoms with van der Waals surface area (Å²) in [5, 5.41) is 7.28. The molecule has 1 rings (SSSR count). The van der Waals surface area contributed by atoms with Crippen molar-refractivity contribution >= 4 is 27.6 Å². The van der Waals surface area contributed by atoms with Crippen LogP contribution in [0, 0.1) is 0 Å². The Morgan fingerprint density at radius 2 is 2.11 bits per heavy atom. The van der Waals surface area contributed by atoms with E-state index in [1.165, 1.54) is 0 Å². The number of carbonyl (C=O) groups is 1. The molecule has 1 aromatic rings. The van der Waals surface area contributed by atoms with Crippen LogP contribution in [0.15, 0.2) is 9.64 Å². The first-order valence-electron chi connectivity index (χ1n) is 5.32. The van der Waals surface area contributed by atoms with Gasteiger partial charge in [-0.3, -0.25) is 0 Å². The van der Waals surface area contributed by atoms with Crippen molar-refractivity contribution in [3.8, 4) is 0 Å². The predicted octanol–water partition coefficient (Wildman–Crippen LogP) is 0.773. The van der Waals surface area contributed by atoms with Gasteiger partial charge in [-0.1, -0.05) is 23.8 Å². The lowest BCUT2D eigenvalue weighted by atomic mass is 10.7. The van der Waals surface area contributed by atoms with Gasteiger partial charge >= 0.3 is 11.9 Å². The molecule has 9 heteroatoms. The van der Waals surface area contributed by atoms with E-state index >= 15 is 0 Å². The van der Waals surface area contributed by atoms with Crippen LogP contribution in [0.3, 0.4) is 0 Å². The SMILES string of the molecule is CCOC(=O)c1nnc(SCCS(=O)(=O)CC)o1. The van der Waals surface area contributed by atoms with Crippen LogP contribution in [0.1, 0.15) is 24.5 Å². The standard InChI is InChI=1S/C9H14N2O5S2/c1-3-15-8(12)7-10-11-9(16-7)17-5-6-18(13,14)4-2/h3-6H2,1-2H3. The molecule has 102 valence electrons. The van der Waals surface area contributed by atoms with Gasteiger partial charge in [0.2, 0.25) is 0 Å². The van der Waals surface area contributed by atoms with Crippen molar-refractivity contribution in [1.82, 2.24) is 10.2 Å². The minimum atomic E-state index is -3.01. The molecule has 0 saturated carbocycles. The van der Waals surface area contributed by atoms with Crippen LogP contribution in [0.5, 0.6) is 0 Å². The summed E-state index contributed by atoms with van der Waals surface area (Å²) in [6.45, 7) is 3.48. The first kappa shape index (κ1) is 15.0. The maximum Gasteiger partial charge on any atom is 0.396 e. The summed E-state index contributed by atoms with van der Waals surface area (Å²) in [7, 11) is -3.01. The van der Waals surface area contributed by atoms with Crippen LogP contribution in [0.4, 0.5) is 0 Å². The number of ether oxygens (including phenoxy) is 1. The van der Waals surface area contributed by atoms with Gasteiger partial charge in [-0.2, -0.15) is 0 Å². The van der Waals surface area contributed by atoms with Crippen LogP contribution < -0.4 is 0 Å². The average molecular weight is 294 g/mol. The van der Waals surface area contributed by atoms with Crippen molar-refractivity contribution < 1.29 is 22.4 Å². The highest BCUT2D eigenvalue weighted by Gasteiger charge is 2.16. The lowest BCUT2D eigenvalue weighted by molar-refractivity contribution is 0.0475. The van der Waals surface area contributed by atoms with E-state index in [4.69, 9.17) is 4.42 Å². The Labute approximate surface area is 109 Å². The van der Waals surface area contributed by atoms with E-state index in [0.29, 0.717) is 5.75 Å². The molecule has 0 aliphatic carbocycles. The third-order valence-corrected chi connectivity index (χ3v) is 4.70. The van der Waals surface area contributed by atoms with Crippen molar-refractivity contribution in [2.45, 2.75) is 19.1 Å². The second kappa shape index (κ2) is 6.74. The van der Waals surface area contributed by atoms with Crippen LogP contribution in [0.25, 0.3) is 0 Å². The third kappa shape index (κ3) is 4.65. The van der Waals surface area contributed by atoms with Crippen LogP contribution in [0.2, 0.25) is 0 Å². The van der Waals surface area contributed by atoms with Gasteiger partial charge in [-0.05, 0) is 6.92 Å². The van der Waals surface area contributed by atoms with Gasteiger partial charge in [0.05, 0.1) is 12.4 Å². The Balaban J connectivity index is 2.47. The highest BCUT2D eigenvalue weighted by molar-refractivity contribution is 8.00.